The summed E-state index contributed by atoms with van der Waals surface area (Å²) in [6.07, 6.45) is 2.86. The highest BCUT2D eigenvalue weighted by molar-refractivity contribution is 7.90. The maximum atomic E-state index is 11.5. The topological polar surface area (TPSA) is 72.0 Å². The Hall–Kier alpha value is -2.25. The first-order valence-corrected chi connectivity index (χ1v) is 9.69. The summed E-state index contributed by atoms with van der Waals surface area (Å²) in [4.78, 5) is 1.53. The molecule has 118 valence electrons. The predicted octanol–water partition coefficient (Wildman–Crippen LogP) is 3.22. The fourth-order valence-electron chi connectivity index (χ4n) is 2.08. The van der Waals surface area contributed by atoms with E-state index in [0.717, 1.165) is 17.8 Å². The van der Waals surface area contributed by atoms with Crippen molar-refractivity contribution in [3.05, 3.63) is 58.9 Å². The maximum absolute atomic E-state index is 11.5. The number of thiophene rings is 1. The van der Waals surface area contributed by atoms with Crippen LogP contribution in [0.4, 0.5) is 5.69 Å². The number of nitrogens with zero attached hydrogens (tertiary/aromatic N) is 2. The van der Waals surface area contributed by atoms with Gasteiger partial charge in [0.25, 0.3) is 0 Å². The van der Waals surface area contributed by atoms with Gasteiger partial charge in [-0.25, -0.2) is 8.42 Å². The zero-order valence-corrected chi connectivity index (χ0v) is 14.1. The Morgan fingerprint density at radius 3 is 2.61 bits per heavy atom. The molecular formula is C16H15N3O2S2. The van der Waals surface area contributed by atoms with Crippen LogP contribution in [0.15, 0.2) is 58.9 Å². The second-order valence-electron chi connectivity index (χ2n) is 5.06. The zero-order chi connectivity index (χ0) is 16.3. The van der Waals surface area contributed by atoms with Gasteiger partial charge in [-0.2, -0.15) is 10.2 Å². The monoisotopic (exact) mass is 345 g/mol. The lowest BCUT2D eigenvalue weighted by Gasteiger charge is -2.06. The zero-order valence-electron chi connectivity index (χ0n) is 12.4. The molecule has 0 aliphatic rings. The molecule has 23 heavy (non-hydrogen) atoms. The first-order valence-electron chi connectivity index (χ1n) is 6.92. The van der Waals surface area contributed by atoms with Crippen molar-refractivity contribution in [1.82, 2.24) is 10.2 Å². The van der Waals surface area contributed by atoms with E-state index in [-0.39, 0.29) is 0 Å². The number of nitrogens with one attached hydrogen (secondary N) is 1. The Kier molecular flexibility index (Phi) is 4.40. The van der Waals surface area contributed by atoms with Crippen molar-refractivity contribution in [2.24, 2.45) is 0 Å². The van der Waals surface area contributed by atoms with Gasteiger partial charge in [-0.3, -0.25) is 0 Å². The molecule has 0 unspecified atom stereocenters. The minimum atomic E-state index is -3.19. The van der Waals surface area contributed by atoms with Crippen LogP contribution in [-0.4, -0.2) is 24.9 Å². The van der Waals surface area contributed by atoms with Crippen LogP contribution < -0.4 is 5.32 Å². The van der Waals surface area contributed by atoms with E-state index in [1.165, 1.54) is 11.1 Å². The highest BCUT2D eigenvalue weighted by atomic mass is 32.2. The number of rotatable bonds is 5. The Morgan fingerprint density at radius 1 is 1.17 bits per heavy atom. The van der Waals surface area contributed by atoms with Crippen molar-refractivity contribution < 1.29 is 8.42 Å². The minimum absolute atomic E-state index is 0.293. The normalized spacial score (nSPS) is 11.3. The smallest absolute Gasteiger partial charge is 0.175 e. The molecule has 7 heteroatoms. The highest BCUT2D eigenvalue weighted by Crippen LogP contribution is 2.22. The van der Waals surface area contributed by atoms with Crippen LogP contribution in [0.1, 0.15) is 4.88 Å². The van der Waals surface area contributed by atoms with Gasteiger partial charge in [0.1, 0.15) is 0 Å². The number of aromatic nitrogens is 2. The van der Waals surface area contributed by atoms with E-state index in [0.29, 0.717) is 10.6 Å². The van der Waals surface area contributed by atoms with Crippen molar-refractivity contribution in [1.29, 1.82) is 0 Å². The number of benzene rings is 1. The van der Waals surface area contributed by atoms with Crippen molar-refractivity contribution >= 4 is 26.9 Å². The van der Waals surface area contributed by atoms with E-state index < -0.39 is 9.84 Å². The molecule has 3 rings (SSSR count). The van der Waals surface area contributed by atoms with Gasteiger partial charge in [0, 0.05) is 23.2 Å². The lowest BCUT2D eigenvalue weighted by Crippen LogP contribution is -2.00. The Balaban J connectivity index is 1.79. The number of sulfone groups is 1. The van der Waals surface area contributed by atoms with E-state index in [4.69, 9.17) is 0 Å². The number of anilines is 1. The molecule has 0 radical (unpaired) electrons. The number of hydrogen-bond donors (Lipinski definition) is 1. The molecule has 1 aromatic carbocycles. The molecule has 0 fully saturated rings. The summed E-state index contributed by atoms with van der Waals surface area (Å²) >= 11 is 1.69. The molecule has 3 aromatic rings. The first-order chi connectivity index (χ1) is 11.0. The molecule has 0 spiro atoms. The fraction of sp³-hybridized carbons (Fsp3) is 0.125. The molecule has 0 atom stereocenters. The SMILES string of the molecule is CS(=O)(=O)c1ccc(-c2cc(NCc3cccs3)cnn2)cc1. The molecule has 0 aliphatic heterocycles. The van der Waals surface area contributed by atoms with Gasteiger partial charge in [0.15, 0.2) is 9.84 Å². The fourth-order valence-corrected chi connectivity index (χ4v) is 3.35. The molecule has 5 nitrogen and oxygen atoms in total. The Morgan fingerprint density at radius 2 is 1.96 bits per heavy atom. The maximum Gasteiger partial charge on any atom is 0.175 e. The van der Waals surface area contributed by atoms with Gasteiger partial charge in [-0.05, 0) is 29.6 Å². The summed E-state index contributed by atoms with van der Waals surface area (Å²) in [7, 11) is -3.19. The van der Waals surface area contributed by atoms with Gasteiger partial charge in [-0.15, -0.1) is 11.3 Å². The summed E-state index contributed by atoms with van der Waals surface area (Å²) in [5.74, 6) is 0. The first kappa shape index (κ1) is 15.6. The second-order valence-corrected chi connectivity index (χ2v) is 8.11. The third-order valence-corrected chi connectivity index (χ3v) is 5.28. The van der Waals surface area contributed by atoms with Crippen LogP contribution in [0, 0.1) is 0 Å². The van der Waals surface area contributed by atoms with E-state index in [9.17, 15) is 8.42 Å². The van der Waals surface area contributed by atoms with Crippen LogP contribution in [-0.2, 0) is 16.4 Å². The van der Waals surface area contributed by atoms with Gasteiger partial charge in [0.05, 0.1) is 22.5 Å². The van der Waals surface area contributed by atoms with Gasteiger partial charge < -0.3 is 5.32 Å². The standard InChI is InChI=1S/C16H15N3O2S2/c1-23(20,21)15-6-4-12(5-7-15)16-9-13(10-18-19-16)17-11-14-3-2-8-22-14/h2-10H,11H2,1H3,(H,17,19). The molecule has 0 saturated heterocycles. The predicted molar refractivity (Wildman–Crippen MR) is 92.2 cm³/mol. The third kappa shape index (κ3) is 3.94. The molecular weight excluding hydrogens is 330 g/mol. The number of hydrogen-bond acceptors (Lipinski definition) is 6. The average molecular weight is 345 g/mol. The summed E-state index contributed by atoms with van der Waals surface area (Å²) in [5, 5.41) is 13.5. The van der Waals surface area contributed by atoms with Crippen LogP contribution in [0.2, 0.25) is 0 Å². The molecule has 0 bridgehead atoms. The molecule has 0 aliphatic carbocycles. The Labute approximate surface area is 138 Å². The van der Waals surface area contributed by atoms with Crippen molar-refractivity contribution in [2.75, 3.05) is 11.6 Å². The quantitative estimate of drug-likeness (QED) is 0.769. The van der Waals surface area contributed by atoms with Crippen LogP contribution >= 0.6 is 11.3 Å². The molecule has 0 amide bonds. The van der Waals surface area contributed by atoms with Gasteiger partial charge in [0.2, 0.25) is 0 Å². The van der Waals surface area contributed by atoms with E-state index in [1.807, 2.05) is 17.5 Å². The summed E-state index contributed by atoms with van der Waals surface area (Å²) < 4.78 is 23.0. The lowest BCUT2D eigenvalue weighted by atomic mass is 10.1. The van der Waals surface area contributed by atoms with E-state index in [1.54, 1.807) is 41.8 Å². The van der Waals surface area contributed by atoms with Crippen molar-refractivity contribution in [3.63, 3.8) is 0 Å². The molecule has 0 saturated carbocycles. The van der Waals surface area contributed by atoms with E-state index in [2.05, 4.69) is 21.6 Å². The van der Waals surface area contributed by atoms with Crippen molar-refractivity contribution in [3.8, 4) is 11.3 Å². The lowest BCUT2D eigenvalue weighted by molar-refractivity contribution is 0.602. The van der Waals surface area contributed by atoms with Crippen molar-refractivity contribution in [2.45, 2.75) is 11.4 Å². The van der Waals surface area contributed by atoms with E-state index >= 15 is 0 Å². The summed E-state index contributed by atoms with van der Waals surface area (Å²) in [6, 6.07) is 12.6. The molecule has 2 aromatic heterocycles. The summed E-state index contributed by atoms with van der Waals surface area (Å²) in [6.45, 7) is 0.732. The summed E-state index contributed by atoms with van der Waals surface area (Å²) in [5.41, 5.74) is 2.39. The second kappa shape index (κ2) is 6.47. The Bertz CT molecular complexity index is 889. The molecule has 2 heterocycles. The van der Waals surface area contributed by atoms with Gasteiger partial charge in [-0.1, -0.05) is 18.2 Å². The van der Waals surface area contributed by atoms with Gasteiger partial charge >= 0.3 is 0 Å². The minimum Gasteiger partial charge on any atom is -0.379 e. The third-order valence-electron chi connectivity index (χ3n) is 3.28. The van der Waals surface area contributed by atoms with Crippen LogP contribution in [0.3, 0.4) is 0 Å². The largest absolute Gasteiger partial charge is 0.379 e. The molecule has 1 N–H and O–H groups in total. The average Bonchev–Trinajstić information content (AvgIpc) is 3.06. The highest BCUT2D eigenvalue weighted by Gasteiger charge is 2.08. The van der Waals surface area contributed by atoms with Crippen LogP contribution in [0.25, 0.3) is 11.3 Å². The van der Waals surface area contributed by atoms with Crippen LogP contribution in [0.5, 0.6) is 0 Å².